The number of guanidine groups is 1. The number of halogens is 1. The molecular formula is C18H31IN6O2. The average molecular weight is 490 g/mol. The third kappa shape index (κ3) is 8.85. The van der Waals surface area contributed by atoms with Crippen LogP contribution in [0.3, 0.4) is 0 Å². The zero-order chi connectivity index (χ0) is 18.5. The van der Waals surface area contributed by atoms with Crippen molar-refractivity contribution in [2.75, 3.05) is 39.5 Å². The normalized spacial score (nSPS) is 11.4. The standard InChI is InChI=1S/C18H30N6O2.HI/c1-3-5-11-25-13-14-26-12-9-20-18(19-4-2)21-15-17-23-22-16-8-6-7-10-24(16)17;/h6-8,10H,3-5,9,11-15H2,1-2H3,(H2,19,20,21);1H. The highest BCUT2D eigenvalue weighted by atomic mass is 127. The number of hydrogen-bond acceptors (Lipinski definition) is 5. The molecule has 0 fully saturated rings. The van der Waals surface area contributed by atoms with Crippen molar-refractivity contribution in [3.63, 3.8) is 0 Å². The predicted octanol–water partition coefficient (Wildman–Crippen LogP) is 2.24. The first-order valence-corrected chi connectivity index (χ1v) is 9.31. The van der Waals surface area contributed by atoms with Gasteiger partial charge in [-0.25, -0.2) is 4.99 Å². The van der Waals surface area contributed by atoms with Crippen LogP contribution in [0.4, 0.5) is 0 Å². The van der Waals surface area contributed by atoms with Crippen LogP contribution in [-0.2, 0) is 16.0 Å². The molecule has 0 spiro atoms. The Morgan fingerprint density at radius 2 is 1.89 bits per heavy atom. The number of ether oxygens (including phenoxy) is 2. The van der Waals surface area contributed by atoms with E-state index in [1.807, 2.05) is 35.7 Å². The maximum atomic E-state index is 5.55. The topological polar surface area (TPSA) is 85.1 Å². The van der Waals surface area contributed by atoms with Crippen LogP contribution in [0.25, 0.3) is 5.65 Å². The van der Waals surface area contributed by atoms with Gasteiger partial charge in [0.2, 0.25) is 0 Å². The third-order valence-electron chi connectivity index (χ3n) is 3.66. The van der Waals surface area contributed by atoms with Crippen LogP contribution in [0.5, 0.6) is 0 Å². The second kappa shape index (κ2) is 14.6. The lowest BCUT2D eigenvalue weighted by atomic mass is 10.4. The molecule has 2 aromatic rings. The molecule has 152 valence electrons. The molecule has 0 aliphatic rings. The van der Waals surface area contributed by atoms with E-state index < -0.39 is 0 Å². The number of fused-ring (bicyclic) bond motifs is 1. The number of aromatic nitrogens is 3. The lowest BCUT2D eigenvalue weighted by Crippen LogP contribution is -2.39. The summed E-state index contributed by atoms with van der Waals surface area (Å²) in [7, 11) is 0. The minimum absolute atomic E-state index is 0. The summed E-state index contributed by atoms with van der Waals surface area (Å²) in [6, 6.07) is 5.82. The van der Waals surface area contributed by atoms with E-state index in [4.69, 9.17) is 9.47 Å². The van der Waals surface area contributed by atoms with Gasteiger partial charge >= 0.3 is 0 Å². The first-order chi connectivity index (χ1) is 12.8. The van der Waals surface area contributed by atoms with Gasteiger partial charge in [0.25, 0.3) is 0 Å². The highest BCUT2D eigenvalue weighted by Gasteiger charge is 2.04. The van der Waals surface area contributed by atoms with Crippen molar-refractivity contribution in [3.05, 3.63) is 30.2 Å². The maximum Gasteiger partial charge on any atom is 0.191 e. The van der Waals surface area contributed by atoms with E-state index >= 15 is 0 Å². The summed E-state index contributed by atoms with van der Waals surface area (Å²) in [6.45, 7) is 8.79. The van der Waals surface area contributed by atoms with E-state index in [2.05, 4.69) is 32.7 Å². The number of pyridine rings is 1. The first kappa shape index (κ1) is 23.6. The van der Waals surface area contributed by atoms with Gasteiger partial charge < -0.3 is 20.1 Å². The van der Waals surface area contributed by atoms with Gasteiger partial charge in [-0.2, -0.15) is 0 Å². The van der Waals surface area contributed by atoms with Crippen LogP contribution in [0.15, 0.2) is 29.4 Å². The van der Waals surface area contributed by atoms with E-state index in [0.717, 1.165) is 43.4 Å². The van der Waals surface area contributed by atoms with Crippen LogP contribution in [-0.4, -0.2) is 60.1 Å². The van der Waals surface area contributed by atoms with Gasteiger partial charge in [0.1, 0.15) is 6.54 Å². The number of unbranched alkanes of at least 4 members (excludes halogenated alkanes) is 1. The second-order valence-electron chi connectivity index (χ2n) is 5.75. The number of nitrogens with one attached hydrogen (secondary N) is 2. The van der Waals surface area contributed by atoms with E-state index in [1.165, 1.54) is 0 Å². The Balaban J connectivity index is 0.00000364. The third-order valence-corrected chi connectivity index (χ3v) is 3.66. The Morgan fingerprint density at radius 1 is 1.07 bits per heavy atom. The molecule has 0 aliphatic carbocycles. The summed E-state index contributed by atoms with van der Waals surface area (Å²) in [6.07, 6.45) is 4.20. The number of hydrogen-bond donors (Lipinski definition) is 2. The van der Waals surface area contributed by atoms with Crippen molar-refractivity contribution >= 4 is 35.6 Å². The molecule has 0 bridgehead atoms. The summed E-state index contributed by atoms with van der Waals surface area (Å²) in [4.78, 5) is 4.56. The highest BCUT2D eigenvalue weighted by Crippen LogP contribution is 2.03. The molecule has 8 nitrogen and oxygen atoms in total. The fraction of sp³-hybridized carbons (Fsp3) is 0.611. The van der Waals surface area contributed by atoms with Crippen molar-refractivity contribution < 1.29 is 9.47 Å². The number of nitrogens with zero attached hydrogens (tertiary/aromatic N) is 4. The second-order valence-corrected chi connectivity index (χ2v) is 5.75. The number of aliphatic imine (C=N–C) groups is 1. The van der Waals surface area contributed by atoms with Gasteiger partial charge in [0, 0.05) is 25.9 Å². The van der Waals surface area contributed by atoms with Gasteiger partial charge in [-0.1, -0.05) is 19.4 Å². The Bertz CT molecular complexity index is 664. The Morgan fingerprint density at radius 3 is 2.67 bits per heavy atom. The summed E-state index contributed by atoms with van der Waals surface area (Å²) in [5, 5.41) is 14.8. The van der Waals surface area contributed by atoms with Crippen LogP contribution >= 0.6 is 24.0 Å². The first-order valence-electron chi connectivity index (χ1n) is 9.31. The fourth-order valence-corrected chi connectivity index (χ4v) is 2.30. The van der Waals surface area contributed by atoms with E-state index in [9.17, 15) is 0 Å². The molecule has 0 saturated carbocycles. The highest BCUT2D eigenvalue weighted by molar-refractivity contribution is 14.0. The lowest BCUT2D eigenvalue weighted by molar-refractivity contribution is 0.0487. The lowest BCUT2D eigenvalue weighted by Gasteiger charge is -2.11. The summed E-state index contributed by atoms with van der Waals surface area (Å²) < 4.78 is 13.0. The summed E-state index contributed by atoms with van der Waals surface area (Å²) in [5.41, 5.74) is 0.824. The molecule has 2 aromatic heterocycles. The smallest absolute Gasteiger partial charge is 0.191 e. The summed E-state index contributed by atoms with van der Waals surface area (Å²) >= 11 is 0. The van der Waals surface area contributed by atoms with Crippen molar-refractivity contribution in [3.8, 4) is 0 Å². The van der Waals surface area contributed by atoms with Crippen LogP contribution in [0, 0.1) is 0 Å². The van der Waals surface area contributed by atoms with Crippen molar-refractivity contribution in [2.45, 2.75) is 33.2 Å². The van der Waals surface area contributed by atoms with Crippen LogP contribution in [0.1, 0.15) is 32.5 Å². The maximum absolute atomic E-state index is 5.55. The van der Waals surface area contributed by atoms with Crippen molar-refractivity contribution in [1.29, 1.82) is 0 Å². The molecule has 27 heavy (non-hydrogen) atoms. The fourth-order valence-electron chi connectivity index (χ4n) is 2.30. The molecule has 2 rings (SSSR count). The Kier molecular flexibility index (Phi) is 12.7. The molecule has 0 unspecified atom stereocenters. The molecule has 0 aromatic carbocycles. The minimum atomic E-state index is 0. The molecular weight excluding hydrogens is 459 g/mol. The van der Waals surface area contributed by atoms with Gasteiger partial charge in [0.15, 0.2) is 17.4 Å². The van der Waals surface area contributed by atoms with Crippen LogP contribution < -0.4 is 10.6 Å². The Labute approximate surface area is 178 Å². The monoisotopic (exact) mass is 490 g/mol. The zero-order valence-electron chi connectivity index (χ0n) is 16.2. The van der Waals surface area contributed by atoms with Crippen molar-refractivity contribution in [2.24, 2.45) is 4.99 Å². The van der Waals surface area contributed by atoms with E-state index in [-0.39, 0.29) is 24.0 Å². The molecule has 2 N–H and O–H groups in total. The minimum Gasteiger partial charge on any atom is -0.379 e. The quantitative estimate of drug-likeness (QED) is 0.206. The molecule has 0 amide bonds. The van der Waals surface area contributed by atoms with Gasteiger partial charge in [0.05, 0.1) is 19.8 Å². The Hall–Kier alpha value is -1.46. The van der Waals surface area contributed by atoms with Gasteiger partial charge in [-0.3, -0.25) is 4.40 Å². The molecule has 0 radical (unpaired) electrons. The SMILES string of the molecule is CCCCOCCOCCNC(=NCc1nnc2ccccn12)NCC.I. The summed E-state index contributed by atoms with van der Waals surface area (Å²) in [5.74, 6) is 1.54. The van der Waals surface area contributed by atoms with Crippen LogP contribution in [0.2, 0.25) is 0 Å². The van der Waals surface area contributed by atoms with E-state index in [0.29, 0.717) is 32.9 Å². The molecule has 0 aliphatic heterocycles. The zero-order valence-corrected chi connectivity index (χ0v) is 18.5. The largest absolute Gasteiger partial charge is 0.379 e. The molecule has 0 saturated heterocycles. The van der Waals surface area contributed by atoms with Gasteiger partial charge in [-0.15, -0.1) is 34.2 Å². The predicted molar refractivity (Wildman–Crippen MR) is 118 cm³/mol. The molecule has 9 heteroatoms. The van der Waals surface area contributed by atoms with Crippen molar-refractivity contribution in [1.82, 2.24) is 25.2 Å². The van der Waals surface area contributed by atoms with Gasteiger partial charge in [-0.05, 0) is 25.5 Å². The average Bonchev–Trinajstić information content (AvgIpc) is 3.08. The van der Waals surface area contributed by atoms with E-state index in [1.54, 1.807) is 0 Å². The molecule has 2 heterocycles. The number of rotatable bonds is 12. The molecule has 0 atom stereocenters.